The molecule has 4 nitrogen and oxygen atoms in total. The summed E-state index contributed by atoms with van der Waals surface area (Å²) in [7, 11) is 0. The monoisotopic (exact) mass is 276 g/mol. The minimum Gasteiger partial charge on any atom is -0.364 e. The summed E-state index contributed by atoms with van der Waals surface area (Å²) in [6, 6.07) is 10.5. The highest BCUT2D eigenvalue weighted by Crippen LogP contribution is 2.19. The number of hydrogen-bond acceptors (Lipinski definition) is 3. The molecule has 110 valence electrons. The van der Waals surface area contributed by atoms with Gasteiger partial charge in [0.2, 0.25) is 5.91 Å². The first-order valence-corrected chi connectivity index (χ1v) is 7.39. The largest absolute Gasteiger partial charge is 0.364 e. The van der Waals surface area contributed by atoms with Crippen molar-refractivity contribution in [3.63, 3.8) is 0 Å². The van der Waals surface area contributed by atoms with Crippen LogP contribution in [0.3, 0.4) is 0 Å². The number of carbonyl (C=O) groups excluding carboxylic acids is 1. The van der Waals surface area contributed by atoms with Gasteiger partial charge in [-0.25, -0.2) is 0 Å². The highest BCUT2D eigenvalue weighted by atomic mass is 16.5. The Bertz CT molecular complexity index is 422. The van der Waals surface area contributed by atoms with Crippen molar-refractivity contribution in [2.24, 2.45) is 5.73 Å². The Morgan fingerprint density at radius 2 is 2.15 bits per heavy atom. The molecule has 1 aromatic rings. The van der Waals surface area contributed by atoms with E-state index in [1.54, 1.807) is 0 Å². The molecule has 2 rings (SSSR count). The van der Waals surface area contributed by atoms with Crippen LogP contribution in [0, 0.1) is 0 Å². The molecule has 1 amide bonds. The first kappa shape index (κ1) is 15.0. The molecule has 1 aliphatic rings. The smallest absolute Gasteiger partial charge is 0.249 e. The predicted molar refractivity (Wildman–Crippen MR) is 79.3 cm³/mol. The zero-order valence-corrected chi connectivity index (χ0v) is 12.0. The zero-order chi connectivity index (χ0) is 14.4. The second kappa shape index (κ2) is 7.41. The number of amides is 1. The Labute approximate surface area is 120 Å². The third-order valence-corrected chi connectivity index (χ3v) is 3.76. The highest BCUT2D eigenvalue weighted by Gasteiger charge is 2.30. The number of ether oxygens (including phenoxy) is 1. The van der Waals surface area contributed by atoms with Gasteiger partial charge in [0.1, 0.15) is 6.10 Å². The molecule has 0 aromatic heterocycles. The van der Waals surface area contributed by atoms with Crippen molar-refractivity contribution in [3.8, 4) is 0 Å². The van der Waals surface area contributed by atoms with E-state index in [1.807, 2.05) is 25.1 Å². The molecule has 1 saturated heterocycles. The summed E-state index contributed by atoms with van der Waals surface area (Å²) in [6.07, 6.45) is 3.29. The Kier molecular flexibility index (Phi) is 5.56. The maximum Gasteiger partial charge on any atom is 0.249 e. The molecule has 0 bridgehead atoms. The Morgan fingerprint density at radius 1 is 1.40 bits per heavy atom. The average molecular weight is 276 g/mol. The molecule has 1 aromatic carbocycles. The van der Waals surface area contributed by atoms with Crippen LogP contribution in [0.25, 0.3) is 0 Å². The lowest BCUT2D eigenvalue weighted by molar-refractivity contribution is -0.132. The summed E-state index contributed by atoms with van der Waals surface area (Å²) in [6.45, 7) is 2.53. The van der Waals surface area contributed by atoms with E-state index in [0.29, 0.717) is 6.54 Å². The number of aryl methyl sites for hydroxylation is 1. The SMILES string of the molecule is CC(CCc1ccccc1)NC(=O)[C@@H]1CC[C@H](CN)O1. The summed E-state index contributed by atoms with van der Waals surface area (Å²) < 4.78 is 5.60. The van der Waals surface area contributed by atoms with E-state index in [4.69, 9.17) is 10.5 Å². The van der Waals surface area contributed by atoms with Crippen LogP contribution in [0.2, 0.25) is 0 Å². The van der Waals surface area contributed by atoms with Crippen LogP contribution >= 0.6 is 0 Å². The summed E-state index contributed by atoms with van der Waals surface area (Å²) in [5, 5.41) is 3.03. The number of rotatable bonds is 6. The van der Waals surface area contributed by atoms with Crippen LogP contribution < -0.4 is 11.1 Å². The van der Waals surface area contributed by atoms with Crippen molar-refractivity contribution in [2.45, 2.75) is 50.9 Å². The standard InChI is InChI=1S/C16H24N2O2/c1-12(7-8-13-5-3-2-4-6-13)18-16(19)15-10-9-14(11-17)20-15/h2-6,12,14-15H,7-11,17H2,1H3,(H,18,19)/t12?,14-,15+/m1/s1. The van der Waals surface area contributed by atoms with Gasteiger partial charge in [0, 0.05) is 12.6 Å². The summed E-state index contributed by atoms with van der Waals surface area (Å²) in [4.78, 5) is 12.1. The van der Waals surface area contributed by atoms with E-state index in [2.05, 4.69) is 17.4 Å². The number of nitrogens with two attached hydrogens (primary N) is 1. The molecule has 1 aliphatic heterocycles. The van der Waals surface area contributed by atoms with E-state index in [1.165, 1.54) is 5.56 Å². The lowest BCUT2D eigenvalue weighted by atomic mass is 10.1. The van der Waals surface area contributed by atoms with E-state index in [-0.39, 0.29) is 24.2 Å². The van der Waals surface area contributed by atoms with E-state index >= 15 is 0 Å². The second-order valence-electron chi connectivity index (χ2n) is 5.49. The summed E-state index contributed by atoms with van der Waals surface area (Å²) >= 11 is 0. The molecule has 0 radical (unpaired) electrons. The summed E-state index contributed by atoms with van der Waals surface area (Å²) in [5.74, 6) is 0.00140. The fraction of sp³-hybridized carbons (Fsp3) is 0.562. The molecular formula is C16H24N2O2. The lowest BCUT2D eigenvalue weighted by Crippen LogP contribution is -2.40. The quantitative estimate of drug-likeness (QED) is 0.830. The lowest BCUT2D eigenvalue weighted by Gasteiger charge is -2.17. The number of benzene rings is 1. The number of nitrogens with one attached hydrogen (secondary N) is 1. The van der Waals surface area contributed by atoms with Crippen molar-refractivity contribution < 1.29 is 9.53 Å². The van der Waals surface area contributed by atoms with Gasteiger partial charge in [0.25, 0.3) is 0 Å². The normalized spacial score (nSPS) is 23.5. The van der Waals surface area contributed by atoms with Gasteiger partial charge in [0.05, 0.1) is 6.10 Å². The van der Waals surface area contributed by atoms with Crippen LogP contribution in [0.1, 0.15) is 31.7 Å². The molecule has 3 N–H and O–H groups in total. The fourth-order valence-electron chi connectivity index (χ4n) is 2.51. The van der Waals surface area contributed by atoms with E-state index in [0.717, 1.165) is 25.7 Å². The third-order valence-electron chi connectivity index (χ3n) is 3.76. The second-order valence-corrected chi connectivity index (χ2v) is 5.49. The fourth-order valence-corrected chi connectivity index (χ4v) is 2.51. The minimum atomic E-state index is -0.317. The van der Waals surface area contributed by atoms with Crippen molar-refractivity contribution in [1.29, 1.82) is 0 Å². The molecular weight excluding hydrogens is 252 g/mol. The molecule has 0 spiro atoms. The Hall–Kier alpha value is -1.39. The van der Waals surface area contributed by atoms with Gasteiger partial charge in [0.15, 0.2) is 0 Å². The van der Waals surface area contributed by atoms with Crippen LogP contribution in [0.15, 0.2) is 30.3 Å². The first-order valence-electron chi connectivity index (χ1n) is 7.39. The van der Waals surface area contributed by atoms with Gasteiger partial charge in [-0.1, -0.05) is 30.3 Å². The number of hydrogen-bond donors (Lipinski definition) is 2. The molecule has 0 saturated carbocycles. The molecule has 3 atom stereocenters. The predicted octanol–water partition coefficient (Wildman–Crippen LogP) is 1.63. The molecule has 1 fully saturated rings. The maximum atomic E-state index is 12.1. The first-order chi connectivity index (χ1) is 9.69. The van der Waals surface area contributed by atoms with E-state index < -0.39 is 0 Å². The zero-order valence-electron chi connectivity index (χ0n) is 12.0. The number of carbonyl (C=O) groups is 1. The van der Waals surface area contributed by atoms with E-state index in [9.17, 15) is 4.79 Å². The van der Waals surface area contributed by atoms with Crippen molar-refractivity contribution in [1.82, 2.24) is 5.32 Å². The van der Waals surface area contributed by atoms with Crippen LogP contribution in [0.5, 0.6) is 0 Å². The Morgan fingerprint density at radius 3 is 2.80 bits per heavy atom. The third kappa shape index (κ3) is 4.32. The van der Waals surface area contributed by atoms with Gasteiger partial charge in [-0.2, -0.15) is 0 Å². The Balaban J connectivity index is 1.71. The van der Waals surface area contributed by atoms with Crippen LogP contribution in [0.4, 0.5) is 0 Å². The molecule has 0 aliphatic carbocycles. The van der Waals surface area contributed by atoms with Gasteiger partial charge in [-0.15, -0.1) is 0 Å². The topological polar surface area (TPSA) is 64.4 Å². The highest BCUT2D eigenvalue weighted by molar-refractivity contribution is 5.81. The van der Waals surface area contributed by atoms with Crippen molar-refractivity contribution in [2.75, 3.05) is 6.54 Å². The minimum absolute atomic E-state index is 0.00140. The maximum absolute atomic E-state index is 12.1. The van der Waals surface area contributed by atoms with Gasteiger partial charge >= 0.3 is 0 Å². The van der Waals surface area contributed by atoms with Crippen LogP contribution in [-0.2, 0) is 16.0 Å². The summed E-state index contributed by atoms with van der Waals surface area (Å²) in [5.41, 5.74) is 6.85. The molecule has 4 heteroatoms. The van der Waals surface area contributed by atoms with Gasteiger partial charge in [-0.05, 0) is 38.2 Å². The average Bonchev–Trinajstić information content (AvgIpc) is 2.95. The van der Waals surface area contributed by atoms with Gasteiger partial charge < -0.3 is 15.8 Å². The van der Waals surface area contributed by atoms with Crippen molar-refractivity contribution >= 4 is 5.91 Å². The van der Waals surface area contributed by atoms with Crippen LogP contribution in [-0.4, -0.2) is 30.7 Å². The molecule has 1 unspecified atom stereocenters. The van der Waals surface area contributed by atoms with Crippen molar-refractivity contribution in [3.05, 3.63) is 35.9 Å². The van der Waals surface area contributed by atoms with Gasteiger partial charge in [-0.3, -0.25) is 4.79 Å². The molecule has 20 heavy (non-hydrogen) atoms. The molecule has 1 heterocycles.